The van der Waals surface area contributed by atoms with Crippen molar-refractivity contribution in [1.29, 1.82) is 0 Å². The molecule has 3 saturated carbocycles. The smallest absolute Gasteiger partial charge is 0.408 e. The fourth-order valence-corrected chi connectivity index (χ4v) is 3.50. The van der Waals surface area contributed by atoms with Gasteiger partial charge in [-0.3, -0.25) is 0 Å². The number of benzene rings is 1. The second-order valence-electron chi connectivity index (χ2n) is 5.89. The second-order valence-corrected chi connectivity index (χ2v) is 5.89. The van der Waals surface area contributed by atoms with Crippen LogP contribution in [0.3, 0.4) is 0 Å². The van der Waals surface area contributed by atoms with Gasteiger partial charge in [-0.15, -0.1) is 0 Å². The highest BCUT2D eigenvalue weighted by molar-refractivity contribution is 5.87. The highest BCUT2D eigenvalue weighted by atomic mass is 16.6. The summed E-state index contributed by atoms with van der Waals surface area (Å²) < 4.78 is 10.1. The number of alkyl carbamates (subject to hydrolysis) is 1. The lowest BCUT2D eigenvalue weighted by Gasteiger charge is -2.32. The Morgan fingerprint density at radius 1 is 1.29 bits per heavy atom. The van der Waals surface area contributed by atoms with Crippen molar-refractivity contribution in [2.75, 3.05) is 7.11 Å². The van der Waals surface area contributed by atoms with Crippen LogP contribution in [0.25, 0.3) is 0 Å². The summed E-state index contributed by atoms with van der Waals surface area (Å²) in [4.78, 5) is 24.1. The monoisotopic (exact) mass is 289 g/mol. The number of carbonyl (C=O) groups is 2. The molecule has 0 heterocycles. The molecule has 1 aromatic carbocycles. The van der Waals surface area contributed by atoms with Crippen molar-refractivity contribution in [3.8, 4) is 0 Å². The largest absolute Gasteiger partial charge is 0.467 e. The van der Waals surface area contributed by atoms with Crippen molar-refractivity contribution in [3.63, 3.8) is 0 Å². The van der Waals surface area contributed by atoms with Gasteiger partial charge in [-0.1, -0.05) is 30.3 Å². The Bertz CT molecular complexity index is 538. The molecule has 1 unspecified atom stereocenters. The van der Waals surface area contributed by atoms with Crippen molar-refractivity contribution in [2.24, 2.45) is 11.8 Å². The molecule has 5 nitrogen and oxygen atoms in total. The van der Waals surface area contributed by atoms with Crippen molar-refractivity contribution in [1.82, 2.24) is 5.32 Å². The van der Waals surface area contributed by atoms with E-state index in [4.69, 9.17) is 9.47 Å². The molecule has 0 aliphatic heterocycles. The van der Waals surface area contributed by atoms with E-state index in [1.165, 1.54) is 7.11 Å². The number of hydrogen-bond acceptors (Lipinski definition) is 4. The van der Waals surface area contributed by atoms with Crippen LogP contribution < -0.4 is 5.32 Å². The molecule has 112 valence electrons. The normalized spacial score (nSPS) is 29.4. The third-order valence-corrected chi connectivity index (χ3v) is 4.63. The Morgan fingerprint density at radius 2 is 2.00 bits per heavy atom. The van der Waals surface area contributed by atoms with Gasteiger partial charge in [0.25, 0.3) is 0 Å². The minimum absolute atomic E-state index is 0.180. The number of amides is 1. The number of esters is 1. The van der Waals surface area contributed by atoms with Crippen LogP contribution in [-0.4, -0.2) is 24.7 Å². The van der Waals surface area contributed by atoms with E-state index < -0.39 is 11.6 Å². The Labute approximate surface area is 123 Å². The van der Waals surface area contributed by atoms with Crippen LogP contribution in [0.2, 0.25) is 0 Å². The van der Waals surface area contributed by atoms with Crippen LogP contribution in [-0.2, 0) is 20.9 Å². The van der Waals surface area contributed by atoms with Gasteiger partial charge in [-0.2, -0.15) is 0 Å². The number of hydrogen-bond donors (Lipinski definition) is 1. The van der Waals surface area contributed by atoms with Gasteiger partial charge < -0.3 is 14.8 Å². The zero-order chi connectivity index (χ0) is 14.9. The first-order valence-corrected chi connectivity index (χ1v) is 7.21. The predicted molar refractivity (Wildman–Crippen MR) is 75.3 cm³/mol. The lowest BCUT2D eigenvalue weighted by atomic mass is 9.80. The standard InChI is InChI=1S/C16H19NO4/c1-20-14(18)16(9-12-7-13(16)8-12)17-15(19)21-10-11-5-3-2-4-6-11/h2-6,12-13H,7-10H2,1H3,(H,17,19). The molecule has 0 radical (unpaired) electrons. The lowest BCUT2D eigenvalue weighted by Crippen LogP contribution is -2.56. The Balaban J connectivity index is 1.61. The second kappa shape index (κ2) is 5.39. The Kier molecular flexibility index (Phi) is 3.57. The maximum absolute atomic E-state index is 12.1. The number of ether oxygens (including phenoxy) is 2. The lowest BCUT2D eigenvalue weighted by molar-refractivity contribution is -0.149. The summed E-state index contributed by atoms with van der Waals surface area (Å²) in [5.41, 5.74) is 0.0307. The summed E-state index contributed by atoms with van der Waals surface area (Å²) in [6, 6.07) is 9.45. The SMILES string of the molecule is COC(=O)C1(NC(=O)OCc2ccccc2)CC2CC1C2. The van der Waals surface area contributed by atoms with E-state index >= 15 is 0 Å². The number of rotatable bonds is 4. The Hall–Kier alpha value is -2.04. The van der Waals surface area contributed by atoms with Crippen LogP contribution in [0.4, 0.5) is 4.79 Å². The van der Waals surface area contributed by atoms with Crippen molar-refractivity contribution in [3.05, 3.63) is 35.9 Å². The van der Waals surface area contributed by atoms with E-state index in [-0.39, 0.29) is 18.5 Å². The molecular weight excluding hydrogens is 270 g/mol. The molecule has 0 aromatic heterocycles. The summed E-state index contributed by atoms with van der Waals surface area (Å²) in [5.74, 6) is 0.340. The molecule has 1 aromatic rings. The average molecular weight is 289 g/mol. The van der Waals surface area contributed by atoms with Crippen LogP contribution in [0.15, 0.2) is 30.3 Å². The van der Waals surface area contributed by atoms with E-state index in [0.29, 0.717) is 12.3 Å². The fourth-order valence-electron chi connectivity index (χ4n) is 3.50. The molecule has 3 aliphatic rings. The molecule has 2 bridgehead atoms. The maximum Gasteiger partial charge on any atom is 0.408 e. The van der Waals surface area contributed by atoms with E-state index in [0.717, 1.165) is 18.4 Å². The first-order chi connectivity index (χ1) is 10.1. The minimum atomic E-state index is -0.882. The van der Waals surface area contributed by atoms with Gasteiger partial charge in [0.05, 0.1) is 7.11 Å². The van der Waals surface area contributed by atoms with Crippen molar-refractivity contribution >= 4 is 12.1 Å². The van der Waals surface area contributed by atoms with Crippen molar-refractivity contribution in [2.45, 2.75) is 31.4 Å². The zero-order valence-electron chi connectivity index (χ0n) is 12.0. The minimum Gasteiger partial charge on any atom is -0.467 e. The first kappa shape index (κ1) is 13.9. The molecule has 1 atom stereocenters. The first-order valence-electron chi connectivity index (χ1n) is 7.21. The van der Waals surface area contributed by atoms with Crippen LogP contribution in [0.1, 0.15) is 24.8 Å². The fraction of sp³-hybridized carbons (Fsp3) is 0.500. The van der Waals surface area contributed by atoms with Gasteiger partial charge >= 0.3 is 12.1 Å². The molecule has 1 amide bonds. The summed E-state index contributed by atoms with van der Waals surface area (Å²) in [6.07, 6.45) is 2.06. The highest BCUT2D eigenvalue weighted by Crippen LogP contribution is 2.55. The number of nitrogens with one attached hydrogen (secondary N) is 1. The van der Waals surface area contributed by atoms with Gasteiger partial charge in [-0.05, 0) is 36.7 Å². The Morgan fingerprint density at radius 3 is 2.57 bits per heavy atom. The van der Waals surface area contributed by atoms with Gasteiger partial charge in [0, 0.05) is 0 Å². The summed E-state index contributed by atoms with van der Waals surface area (Å²) in [5, 5.41) is 2.77. The van der Waals surface area contributed by atoms with Crippen LogP contribution >= 0.6 is 0 Å². The summed E-state index contributed by atoms with van der Waals surface area (Å²) in [6.45, 7) is 0.192. The van der Waals surface area contributed by atoms with Gasteiger partial charge in [-0.25, -0.2) is 9.59 Å². The highest BCUT2D eigenvalue weighted by Gasteiger charge is 2.61. The van der Waals surface area contributed by atoms with E-state index in [9.17, 15) is 9.59 Å². The summed E-state index contributed by atoms with van der Waals surface area (Å²) in [7, 11) is 1.36. The molecular formula is C16H19NO4. The number of fused-ring (bicyclic) bond motifs is 1. The molecule has 21 heavy (non-hydrogen) atoms. The number of carbonyl (C=O) groups excluding carboxylic acids is 2. The molecule has 3 fully saturated rings. The van der Waals surface area contributed by atoms with Gasteiger partial charge in [0.15, 0.2) is 0 Å². The molecule has 3 aliphatic carbocycles. The molecule has 0 saturated heterocycles. The maximum atomic E-state index is 12.1. The van der Waals surface area contributed by atoms with Gasteiger partial charge in [0.2, 0.25) is 0 Å². The topological polar surface area (TPSA) is 64.6 Å². The quantitative estimate of drug-likeness (QED) is 0.863. The van der Waals surface area contributed by atoms with E-state index in [2.05, 4.69) is 5.32 Å². The van der Waals surface area contributed by atoms with Crippen LogP contribution in [0, 0.1) is 11.8 Å². The third kappa shape index (κ3) is 2.48. The third-order valence-electron chi connectivity index (χ3n) is 4.63. The average Bonchev–Trinajstić information content (AvgIpc) is 3.00. The molecule has 4 rings (SSSR count). The molecule has 5 heteroatoms. The van der Waals surface area contributed by atoms with E-state index in [1.807, 2.05) is 30.3 Å². The van der Waals surface area contributed by atoms with Gasteiger partial charge in [0.1, 0.15) is 12.1 Å². The van der Waals surface area contributed by atoms with Crippen molar-refractivity contribution < 1.29 is 19.1 Å². The molecule has 1 N–H and O–H groups in total. The summed E-state index contributed by atoms with van der Waals surface area (Å²) >= 11 is 0. The van der Waals surface area contributed by atoms with E-state index in [1.54, 1.807) is 0 Å². The molecule has 0 spiro atoms. The predicted octanol–water partition coefficient (Wildman–Crippen LogP) is 2.25. The zero-order valence-corrected chi connectivity index (χ0v) is 12.0. The van der Waals surface area contributed by atoms with Crippen LogP contribution in [0.5, 0.6) is 0 Å². The number of methoxy groups -OCH3 is 1.